The first-order chi connectivity index (χ1) is 10.1. The summed E-state index contributed by atoms with van der Waals surface area (Å²) in [6.07, 6.45) is -0.386. The van der Waals surface area contributed by atoms with Gasteiger partial charge in [-0.2, -0.15) is 0 Å². The molecule has 0 aliphatic carbocycles. The van der Waals surface area contributed by atoms with Crippen molar-refractivity contribution >= 4 is 6.09 Å². The standard InChI is InChI=1S/C16H24N2O4/c1-9-13(21-7)12-10(2)18(15(20)22-16(3,4)5)8-11(12)17(6)14(9)19/h10H,8H2,1-7H3. The second-order valence-corrected chi connectivity index (χ2v) is 6.67. The van der Waals surface area contributed by atoms with Gasteiger partial charge in [0, 0.05) is 18.3 Å². The topological polar surface area (TPSA) is 60.8 Å². The fourth-order valence-electron chi connectivity index (χ4n) is 2.87. The average Bonchev–Trinajstić information content (AvgIpc) is 2.73. The van der Waals surface area contributed by atoms with Crippen LogP contribution in [0.15, 0.2) is 4.79 Å². The van der Waals surface area contributed by atoms with Crippen LogP contribution in [0.2, 0.25) is 0 Å². The molecule has 2 rings (SSSR count). The van der Waals surface area contributed by atoms with Crippen LogP contribution in [0.5, 0.6) is 5.75 Å². The molecule has 1 aliphatic rings. The molecule has 2 heterocycles. The molecule has 1 aliphatic heterocycles. The van der Waals surface area contributed by atoms with E-state index in [0.29, 0.717) is 17.9 Å². The highest BCUT2D eigenvalue weighted by atomic mass is 16.6. The molecule has 0 spiro atoms. The zero-order valence-corrected chi connectivity index (χ0v) is 14.3. The van der Waals surface area contributed by atoms with Crippen LogP contribution in [0.3, 0.4) is 0 Å². The van der Waals surface area contributed by atoms with Crippen LogP contribution >= 0.6 is 0 Å². The highest BCUT2D eigenvalue weighted by Crippen LogP contribution is 2.40. The van der Waals surface area contributed by atoms with Crippen molar-refractivity contribution < 1.29 is 14.3 Å². The molecule has 22 heavy (non-hydrogen) atoms. The number of hydrogen-bond acceptors (Lipinski definition) is 4. The fraction of sp³-hybridized carbons (Fsp3) is 0.625. The van der Waals surface area contributed by atoms with E-state index in [9.17, 15) is 9.59 Å². The van der Waals surface area contributed by atoms with Crippen LogP contribution in [0.25, 0.3) is 0 Å². The minimum Gasteiger partial charge on any atom is -0.496 e. The van der Waals surface area contributed by atoms with Gasteiger partial charge in [0.2, 0.25) is 0 Å². The smallest absolute Gasteiger partial charge is 0.411 e. The van der Waals surface area contributed by atoms with Gasteiger partial charge < -0.3 is 14.0 Å². The maximum absolute atomic E-state index is 12.4. The number of carbonyl (C=O) groups excluding carboxylic acids is 1. The molecule has 122 valence electrons. The number of rotatable bonds is 1. The van der Waals surface area contributed by atoms with Gasteiger partial charge in [0.15, 0.2) is 0 Å². The molecule has 1 atom stereocenters. The molecule has 6 nitrogen and oxygen atoms in total. The van der Waals surface area contributed by atoms with Gasteiger partial charge in [-0.1, -0.05) is 0 Å². The van der Waals surface area contributed by atoms with E-state index < -0.39 is 5.60 Å². The number of amides is 1. The number of nitrogens with zero attached hydrogens (tertiary/aromatic N) is 2. The number of carbonyl (C=O) groups is 1. The third-order valence-corrected chi connectivity index (χ3v) is 3.96. The van der Waals surface area contributed by atoms with Crippen LogP contribution in [-0.4, -0.2) is 28.3 Å². The maximum atomic E-state index is 12.4. The second-order valence-electron chi connectivity index (χ2n) is 6.67. The Balaban J connectivity index is 2.48. The third kappa shape index (κ3) is 2.58. The van der Waals surface area contributed by atoms with Crippen molar-refractivity contribution in [1.29, 1.82) is 0 Å². The zero-order chi connectivity index (χ0) is 16.8. The normalized spacial score (nSPS) is 17.4. The molecule has 0 fully saturated rings. The number of fused-ring (bicyclic) bond motifs is 1. The largest absolute Gasteiger partial charge is 0.496 e. The Hall–Kier alpha value is -1.98. The fourth-order valence-corrected chi connectivity index (χ4v) is 2.87. The summed E-state index contributed by atoms with van der Waals surface area (Å²) < 4.78 is 12.5. The zero-order valence-electron chi connectivity index (χ0n) is 14.3. The van der Waals surface area contributed by atoms with E-state index in [2.05, 4.69) is 0 Å². The first-order valence-electron chi connectivity index (χ1n) is 7.34. The van der Waals surface area contributed by atoms with Crippen molar-refractivity contribution in [3.05, 3.63) is 27.2 Å². The summed E-state index contributed by atoms with van der Waals surface area (Å²) in [6, 6.07) is -0.203. The second kappa shape index (κ2) is 5.34. The van der Waals surface area contributed by atoms with Crippen molar-refractivity contribution in [3.8, 4) is 5.75 Å². The highest BCUT2D eigenvalue weighted by Gasteiger charge is 2.38. The molecular weight excluding hydrogens is 284 g/mol. The summed E-state index contributed by atoms with van der Waals surface area (Å²) in [5.74, 6) is 0.566. The molecule has 0 radical (unpaired) electrons. The van der Waals surface area contributed by atoms with Gasteiger partial charge in [0.1, 0.15) is 11.4 Å². The monoisotopic (exact) mass is 308 g/mol. The SMILES string of the molecule is COc1c2c(n(C)c(=O)c1C)CN(C(=O)OC(C)(C)C)C2C. The van der Waals surface area contributed by atoms with Gasteiger partial charge >= 0.3 is 6.09 Å². The Morgan fingerprint density at radius 3 is 2.41 bits per heavy atom. The number of aromatic nitrogens is 1. The van der Waals surface area contributed by atoms with Gasteiger partial charge in [0.05, 0.1) is 25.3 Å². The Labute approximate surface area is 130 Å². The summed E-state index contributed by atoms with van der Waals surface area (Å²) in [4.78, 5) is 26.3. The summed E-state index contributed by atoms with van der Waals surface area (Å²) in [5.41, 5.74) is 1.58. The minimum absolute atomic E-state index is 0.103. The molecule has 1 amide bonds. The van der Waals surface area contributed by atoms with E-state index >= 15 is 0 Å². The Kier molecular flexibility index (Phi) is 3.98. The lowest BCUT2D eigenvalue weighted by Gasteiger charge is -2.27. The predicted molar refractivity (Wildman–Crippen MR) is 83.2 cm³/mol. The van der Waals surface area contributed by atoms with Crippen molar-refractivity contribution in [2.24, 2.45) is 7.05 Å². The maximum Gasteiger partial charge on any atom is 0.411 e. The van der Waals surface area contributed by atoms with E-state index in [1.165, 1.54) is 0 Å². The number of hydrogen-bond donors (Lipinski definition) is 0. The van der Waals surface area contributed by atoms with Crippen LogP contribution < -0.4 is 10.3 Å². The van der Waals surface area contributed by atoms with Gasteiger partial charge in [-0.15, -0.1) is 0 Å². The molecule has 1 aromatic rings. The first-order valence-corrected chi connectivity index (χ1v) is 7.34. The summed E-state index contributed by atoms with van der Waals surface area (Å²) >= 11 is 0. The third-order valence-electron chi connectivity index (χ3n) is 3.96. The molecular formula is C16H24N2O4. The first kappa shape index (κ1) is 16.4. The lowest BCUT2D eigenvalue weighted by molar-refractivity contribution is 0.0185. The molecule has 0 saturated heterocycles. The Bertz CT molecular complexity index is 670. The Morgan fingerprint density at radius 2 is 1.91 bits per heavy atom. The Morgan fingerprint density at radius 1 is 1.32 bits per heavy atom. The summed E-state index contributed by atoms with van der Waals surface area (Å²) in [5, 5.41) is 0. The van der Waals surface area contributed by atoms with Gasteiger partial charge in [0.25, 0.3) is 5.56 Å². The van der Waals surface area contributed by atoms with Crippen molar-refractivity contribution in [2.45, 2.75) is 52.8 Å². The molecule has 0 bridgehead atoms. The van der Waals surface area contributed by atoms with Gasteiger partial charge in [-0.3, -0.25) is 9.69 Å². The molecule has 0 aromatic carbocycles. The highest BCUT2D eigenvalue weighted by molar-refractivity contribution is 5.70. The van der Waals surface area contributed by atoms with Crippen LogP contribution in [-0.2, 0) is 18.3 Å². The van der Waals surface area contributed by atoms with E-state index in [1.807, 2.05) is 27.7 Å². The van der Waals surface area contributed by atoms with Gasteiger partial charge in [-0.25, -0.2) is 4.79 Å². The van der Waals surface area contributed by atoms with Crippen LogP contribution in [0.1, 0.15) is 50.6 Å². The van der Waals surface area contributed by atoms with E-state index in [-0.39, 0.29) is 17.7 Å². The van der Waals surface area contributed by atoms with E-state index in [1.54, 1.807) is 30.5 Å². The minimum atomic E-state index is -0.558. The summed E-state index contributed by atoms with van der Waals surface area (Å²) in [7, 11) is 3.27. The van der Waals surface area contributed by atoms with E-state index in [4.69, 9.17) is 9.47 Å². The van der Waals surface area contributed by atoms with Crippen LogP contribution in [0.4, 0.5) is 4.79 Å². The van der Waals surface area contributed by atoms with Crippen molar-refractivity contribution in [3.63, 3.8) is 0 Å². The molecule has 1 aromatic heterocycles. The van der Waals surface area contributed by atoms with E-state index in [0.717, 1.165) is 11.3 Å². The summed E-state index contributed by atoms with van der Waals surface area (Å²) in [6.45, 7) is 9.50. The lowest BCUT2D eigenvalue weighted by Crippen LogP contribution is -2.35. The average molecular weight is 308 g/mol. The van der Waals surface area contributed by atoms with Crippen molar-refractivity contribution in [1.82, 2.24) is 9.47 Å². The molecule has 1 unspecified atom stereocenters. The predicted octanol–water partition coefficient (Wildman–Crippen LogP) is 2.51. The van der Waals surface area contributed by atoms with Crippen molar-refractivity contribution in [2.75, 3.05) is 7.11 Å². The molecule has 0 N–H and O–H groups in total. The number of pyridine rings is 1. The quantitative estimate of drug-likeness (QED) is 0.800. The molecule has 0 saturated carbocycles. The number of ether oxygens (including phenoxy) is 2. The van der Waals surface area contributed by atoms with Gasteiger partial charge in [-0.05, 0) is 34.6 Å². The van der Waals surface area contributed by atoms with Crippen LogP contribution in [0, 0.1) is 6.92 Å². The molecule has 6 heteroatoms. The number of methoxy groups -OCH3 is 1. The lowest BCUT2D eigenvalue weighted by atomic mass is 10.1.